The molecule has 20 heavy (non-hydrogen) atoms. The van der Waals surface area contributed by atoms with Gasteiger partial charge in [-0.3, -0.25) is 5.41 Å². The summed E-state index contributed by atoms with van der Waals surface area (Å²) in [6, 6.07) is -0.156. The molecule has 1 unspecified atom stereocenters. The van der Waals surface area contributed by atoms with Crippen LogP contribution in [-0.2, 0) is 4.74 Å². The van der Waals surface area contributed by atoms with Crippen LogP contribution < -0.4 is 16.4 Å². The molecule has 1 saturated heterocycles. The van der Waals surface area contributed by atoms with Gasteiger partial charge < -0.3 is 21.1 Å². The molecule has 6 heteroatoms. The first-order valence-corrected chi connectivity index (χ1v) is 7.56. The lowest BCUT2D eigenvalue weighted by molar-refractivity contribution is 0.185. The second kappa shape index (κ2) is 6.43. The third kappa shape index (κ3) is 3.42. The van der Waals surface area contributed by atoms with E-state index in [1.807, 2.05) is 0 Å². The average molecular weight is 282 g/mol. The zero-order chi connectivity index (χ0) is 14.6. The molecule has 1 heterocycles. The summed E-state index contributed by atoms with van der Waals surface area (Å²) < 4.78 is 5.24. The van der Waals surface area contributed by atoms with E-state index in [1.54, 1.807) is 0 Å². The van der Waals surface area contributed by atoms with E-state index in [0.717, 1.165) is 38.5 Å². The van der Waals surface area contributed by atoms with Crippen molar-refractivity contribution in [3.05, 3.63) is 0 Å². The molecule has 2 aliphatic rings. The van der Waals surface area contributed by atoms with Gasteiger partial charge in [0, 0.05) is 6.61 Å². The number of amides is 2. The van der Waals surface area contributed by atoms with Crippen LogP contribution in [0.3, 0.4) is 0 Å². The van der Waals surface area contributed by atoms with Crippen molar-refractivity contribution < 1.29 is 9.53 Å². The van der Waals surface area contributed by atoms with E-state index < -0.39 is 5.54 Å². The number of hydrogen-bond acceptors (Lipinski definition) is 3. The number of carbonyl (C=O) groups is 1. The van der Waals surface area contributed by atoms with Crippen molar-refractivity contribution in [1.82, 2.24) is 10.6 Å². The van der Waals surface area contributed by atoms with E-state index in [1.165, 1.54) is 0 Å². The van der Waals surface area contributed by atoms with Crippen LogP contribution in [-0.4, -0.2) is 36.7 Å². The molecule has 0 aromatic rings. The van der Waals surface area contributed by atoms with Crippen molar-refractivity contribution in [3.8, 4) is 0 Å². The van der Waals surface area contributed by atoms with Crippen LogP contribution in [0, 0.1) is 11.3 Å². The largest absolute Gasteiger partial charge is 0.386 e. The molecule has 2 rings (SSSR count). The van der Waals surface area contributed by atoms with Crippen molar-refractivity contribution in [2.75, 3.05) is 13.2 Å². The smallest absolute Gasteiger partial charge is 0.315 e. The molecule has 2 fully saturated rings. The Morgan fingerprint density at radius 1 is 1.40 bits per heavy atom. The van der Waals surface area contributed by atoms with Crippen LogP contribution in [0.2, 0.25) is 0 Å². The molecule has 1 saturated carbocycles. The number of nitrogens with two attached hydrogens (primary N) is 1. The highest BCUT2D eigenvalue weighted by Crippen LogP contribution is 2.33. The fraction of sp³-hybridized carbons (Fsp3) is 0.857. The van der Waals surface area contributed by atoms with Gasteiger partial charge in [-0.2, -0.15) is 0 Å². The first kappa shape index (κ1) is 15.1. The highest BCUT2D eigenvalue weighted by molar-refractivity contribution is 5.92. The van der Waals surface area contributed by atoms with E-state index in [2.05, 4.69) is 17.6 Å². The highest BCUT2D eigenvalue weighted by atomic mass is 16.5. The second-order valence-electron chi connectivity index (χ2n) is 6.01. The van der Waals surface area contributed by atoms with Gasteiger partial charge in [0.25, 0.3) is 0 Å². The van der Waals surface area contributed by atoms with Crippen LogP contribution in [0.15, 0.2) is 0 Å². The maximum Gasteiger partial charge on any atom is 0.315 e. The summed E-state index contributed by atoms with van der Waals surface area (Å²) in [5, 5.41) is 13.7. The number of amidine groups is 1. The predicted octanol–water partition coefficient (Wildman–Crippen LogP) is 1.35. The fourth-order valence-corrected chi connectivity index (χ4v) is 3.13. The molecule has 2 amide bonds. The summed E-state index contributed by atoms with van der Waals surface area (Å²) in [6.07, 6.45) is 5.55. The second-order valence-corrected chi connectivity index (χ2v) is 6.01. The van der Waals surface area contributed by atoms with Crippen LogP contribution >= 0.6 is 0 Å². The predicted molar refractivity (Wildman–Crippen MR) is 77.8 cm³/mol. The van der Waals surface area contributed by atoms with Crippen LogP contribution in [0.1, 0.15) is 45.4 Å². The Bertz CT molecular complexity index is 358. The molecule has 0 aromatic heterocycles. The number of ether oxygens (including phenoxy) is 1. The van der Waals surface area contributed by atoms with Crippen LogP contribution in [0.25, 0.3) is 0 Å². The number of nitrogens with one attached hydrogen (secondary N) is 3. The minimum Gasteiger partial charge on any atom is -0.386 e. The van der Waals surface area contributed by atoms with E-state index in [9.17, 15) is 4.79 Å². The highest BCUT2D eigenvalue weighted by Gasteiger charge is 2.39. The van der Waals surface area contributed by atoms with Crippen molar-refractivity contribution in [1.29, 1.82) is 5.41 Å². The van der Waals surface area contributed by atoms with E-state index in [4.69, 9.17) is 15.9 Å². The van der Waals surface area contributed by atoms with Crippen molar-refractivity contribution >= 4 is 11.9 Å². The van der Waals surface area contributed by atoms with Gasteiger partial charge in [0.15, 0.2) is 0 Å². The molecule has 1 aliphatic carbocycles. The van der Waals surface area contributed by atoms with Gasteiger partial charge in [-0.05, 0) is 38.0 Å². The van der Waals surface area contributed by atoms with Crippen LogP contribution in [0.5, 0.6) is 0 Å². The van der Waals surface area contributed by atoms with Crippen molar-refractivity contribution in [2.24, 2.45) is 11.7 Å². The van der Waals surface area contributed by atoms with Gasteiger partial charge in [0.1, 0.15) is 5.84 Å². The Morgan fingerprint density at radius 2 is 2.10 bits per heavy atom. The molecule has 1 atom stereocenters. The standard InChI is InChI=1S/C14H26N4O2/c1-2-10-3-6-14(7-4-10,12(15)16)18-13(19)17-11-5-8-20-9-11/h10-11H,2-9H2,1H3,(H3,15,16)(H2,17,18,19). The summed E-state index contributed by atoms with van der Waals surface area (Å²) in [7, 11) is 0. The SMILES string of the molecule is CCC1CCC(NC(=O)NC2CCOC2)(C(=N)N)CC1. The molecular weight excluding hydrogens is 256 g/mol. The van der Waals surface area contributed by atoms with Gasteiger partial charge in [0.2, 0.25) is 0 Å². The molecule has 0 bridgehead atoms. The average Bonchev–Trinajstić information content (AvgIpc) is 2.92. The quantitative estimate of drug-likeness (QED) is 0.462. The summed E-state index contributed by atoms with van der Waals surface area (Å²) in [5.41, 5.74) is 5.10. The fourth-order valence-electron chi connectivity index (χ4n) is 3.13. The maximum absolute atomic E-state index is 12.1. The zero-order valence-corrected chi connectivity index (χ0v) is 12.2. The van der Waals surface area contributed by atoms with Crippen molar-refractivity contribution in [3.63, 3.8) is 0 Å². The summed E-state index contributed by atoms with van der Waals surface area (Å²) in [6.45, 7) is 3.45. The molecule has 0 radical (unpaired) electrons. The monoisotopic (exact) mass is 282 g/mol. The molecule has 1 aliphatic heterocycles. The van der Waals surface area contributed by atoms with Gasteiger partial charge in [-0.1, -0.05) is 13.3 Å². The lowest BCUT2D eigenvalue weighted by atomic mass is 9.75. The van der Waals surface area contributed by atoms with Gasteiger partial charge in [0.05, 0.1) is 18.2 Å². The summed E-state index contributed by atoms with van der Waals surface area (Å²) in [4.78, 5) is 12.1. The summed E-state index contributed by atoms with van der Waals surface area (Å²) >= 11 is 0. The molecule has 0 spiro atoms. The first-order valence-electron chi connectivity index (χ1n) is 7.56. The number of urea groups is 1. The van der Waals surface area contributed by atoms with Crippen LogP contribution in [0.4, 0.5) is 4.79 Å². The summed E-state index contributed by atoms with van der Waals surface area (Å²) in [5.74, 6) is 0.764. The Labute approximate surface area is 120 Å². The third-order valence-electron chi connectivity index (χ3n) is 4.67. The van der Waals surface area contributed by atoms with Gasteiger partial charge >= 0.3 is 6.03 Å². The maximum atomic E-state index is 12.1. The normalized spacial score (nSPS) is 33.6. The van der Waals surface area contributed by atoms with Gasteiger partial charge in [-0.15, -0.1) is 0 Å². The van der Waals surface area contributed by atoms with Gasteiger partial charge in [-0.25, -0.2) is 4.79 Å². The molecule has 114 valence electrons. The Hall–Kier alpha value is -1.30. The Kier molecular flexibility index (Phi) is 4.86. The number of rotatable bonds is 4. The molecular formula is C14H26N4O2. The minimum absolute atomic E-state index is 0.0740. The number of carbonyl (C=O) groups excluding carboxylic acids is 1. The minimum atomic E-state index is -0.658. The third-order valence-corrected chi connectivity index (χ3v) is 4.67. The van der Waals surface area contributed by atoms with E-state index >= 15 is 0 Å². The lowest BCUT2D eigenvalue weighted by Gasteiger charge is -2.39. The Balaban J connectivity index is 1.91. The Morgan fingerprint density at radius 3 is 2.60 bits per heavy atom. The lowest BCUT2D eigenvalue weighted by Crippen LogP contribution is -2.61. The van der Waals surface area contributed by atoms with E-state index in [-0.39, 0.29) is 17.9 Å². The molecule has 0 aromatic carbocycles. The van der Waals surface area contributed by atoms with E-state index in [0.29, 0.717) is 19.1 Å². The number of hydrogen-bond donors (Lipinski definition) is 4. The van der Waals surface area contributed by atoms with Crippen molar-refractivity contribution in [2.45, 2.75) is 57.0 Å². The zero-order valence-electron chi connectivity index (χ0n) is 12.2. The topological polar surface area (TPSA) is 100 Å². The first-order chi connectivity index (χ1) is 9.55. The molecule has 6 nitrogen and oxygen atoms in total. The molecule has 5 N–H and O–H groups in total.